The fraction of sp³-hybridized carbons (Fsp3) is 0.125. The fourth-order valence-electron chi connectivity index (χ4n) is 2.25. The molecule has 3 rings (SSSR count). The Hall–Kier alpha value is -1.45. The van der Waals surface area contributed by atoms with Crippen LogP contribution in [0.4, 0.5) is 5.69 Å². The molecule has 4 heteroatoms. The van der Waals surface area contributed by atoms with E-state index >= 15 is 0 Å². The molecular formula is C16H14BrClN2. The minimum atomic E-state index is 0.752. The Labute approximate surface area is 131 Å². The summed E-state index contributed by atoms with van der Waals surface area (Å²) in [6.45, 7) is 2.75. The van der Waals surface area contributed by atoms with Gasteiger partial charge in [0.25, 0.3) is 0 Å². The Morgan fingerprint density at radius 3 is 2.90 bits per heavy atom. The maximum atomic E-state index is 6.17. The number of nitrogens with one attached hydrogen (secondary N) is 2. The first-order chi connectivity index (χ1) is 9.65. The Kier molecular flexibility index (Phi) is 3.72. The molecule has 0 fully saturated rings. The third kappa shape index (κ3) is 2.56. The van der Waals surface area contributed by atoms with E-state index in [0.717, 1.165) is 32.8 Å². The van der Waals surface area contributed by atoms with E-state index < -0.39 is 0 Å². The molecule has 3 aromatic rings. The van der Waals surface area contributed by atoms with Gasteiger partial charge in [0.1, 0.15) is 0 Å². The number of aryl methyl sites for hydroxylation is 1. The third-order valence-corrected chi connectivity index (χ3v) is 4.46. The molecule has 0 aliphatic heterocycles. The molecule has 102 valence electrons. The number of rotatable bonds is 3. The van der Waals surface area contributed by atoms with E-state index in [1.165, 1.54) is 10.9 Å². The highest BCUT2D eigenvalue weighted by molar-refractivity contribution is 9.10. The molecule has 0 saturated heterocycles. The molecule has 2 nitrogen and oxygen atoms in total. The first kappa shape index (κ1) is 13.5. The van der Waals surface area contributed by atoms with Crippen LogP contribution >= 0.6 is 27.5 Å². The van der Waals surface area contributed by atoms with Gasteiger partial charge in [0.05, 0.1) is 5.69 Å². The van der Waals surface area contributed by atoms with Crippen molar-refractivity contribution in [2.75, 3.05) is 5.32 Å². The zero-order chi connectivity index (χ0) is 14.1. The van der Waals surface area contributed by atoms with Crippen molar-refractivity contribution in [2.24, 2.45) is 0 Å². The molecule has 0 radical (unpaired) electrons. The molecule has 20 heavy (non-hydrogen) atoms. The van der Waals surface area contributed by atoms with Crippen LogP contribution in [0.3, 0.4) is 0 Å². The van der Waals surface area contributed by atoms with Gasteiger partial charge in [0, 0.05) is 33.1 Å². The second-order valence-corrected chi connectivity index (χ2v) is 6.06. The first-order valence-electron chi connectivity index (χ1n) is 6.39. The average Bonchev–Trinajstić information content (AvgIpc) is 2.85. The Balaban J connectivity index is 1.85. The summed E-state index contributed by atoms with van der Waals surface area (Å²) in [5.74, 6) is 0. The van der Waals surface area contributed by atoms with Gasteiger partial charge in [0.2, 0.25) is 0 Å². The molecule has 0 saturated carbocycles. The number of aromatic nitrogens is 1. The Bertz CT molecular complexity index is 764. The van der Waals surface area contributed by atoms with Gasteiger partial charge in [-0.3, -0.25) is 0 Å². The number of hydrogen-bond acceptors (Lipinski definition) is 1. The summed E-state index contributed by atoms with van der Waals surface area (Å²) < 4.78 is 1.03. The van der Waals surface area contributed by atoms with Gasteiger partial charge >= 0.3 is 0 Å². The lowest BCUT2D eigenvalue weighted by Crippen LogP contribution is -1.99. The molecule has 0 aliphatic rings. The second-order valence-electron chi connectivity index (χ2n) is 4.79. The van der Waals surface area contributed by atoms with Crippen LogP contribution in [0, 0.1) is 6.92 Å². The number of fused-ring (bicyclic) bond motifs is 1. The lowest BCUT2D eigenvalue weighted by Gasteiger charge is -2.10. The van der Waals surface area contributed by atoms with Crippen LogP contribution in [0.15, 0.2) is 47.1 Å². The summed E-state index contributed by atoms with van der Waals surface area (Å²) in [6, 6.07) is 12.3. The molecule has 0 aliphatic carbocycles. The molecule has 0 atom stereocenters. The van der Waals surface area contributed by atoms with Crippen LogP contribution in [-0.4, -0.2) is 4.98 Å². The van der Waals surface area contributed by atoms with E-state index in [2.05, 4.69) is 44.4 Å². The molecule has 0 unspecified atom stereocenters. The quantitative estimate of drug-likeness (QED) is 0.641. The van der Waals surface area contributed by atoms with Crippen molar-refractivity contribution in [3.05, 3.63) is 63.2 Å². The minimum Gasteiger partial charge on any atom is -0.380 e. The number of benzene rings is 2. The van der Waals surface area contributed by atoms with Gasteiger partial charge in [-0.15, -0.1) is 0 Å². The smallest absolute Gasteiger partial charge is 0.0502 e. The van der Waals surface area contributed by atoms with E-state index in [4.69, 9.17) is 11.6 Å². The monoisotopic (exact) mass is 348 g/mol. The number of hydrogen-bond donors (Lipinski definition) is 2. The van der Waals surface area contributed by atoms with Crippen molar-refractivity contribution in [1.82, 2.24) is 4.98 Å². The summed E-state index contributed by atoms with van der Waals surface area (Å²) in [6.07, 6.45) is 2.04. The summed E-state index contributed by atoms with van der Waals surface area (Å²) in [4.78, 5) is 3.28. The SMILES string of the molecule is Cc1cc(Br)c(NCc2c[nH]c3ccccc23)cc1Cl. The highest BCUT2D eigenvalue weighted by atomic mass is 79.9. The van der Waals surface area contributed by atoms with E-state index in [0.29, 0.717) is 0 Å². The van der Waals surface area contributed by atoms with Crippen LogP contribution in [0.2, 0.25) is 5.02 Å². The van der Waals surface area contributed by atoms with Gasteiger partial charge in [-0.2, -0.15) is 0 Å². The van der Waals surface area contributed by atoms with Crippen molar-refractivity contribution in [1.29, 1.82) is 0 Å². The molecular weight excluding hydrogens is 336 g/mol. The molecule has 2 N–H and O–H groups in total. The zero-order valence-electron chi connectivity index (χ0n) is 11.0. The minimum absolute atomic E-state index is 0.752. The second kappa shape index (κ2) is 5.51. The van der Waals surface area contributed by atoms with Gasteiger partial charge < -0.3 is 10.3 Å². The molecule has 0 bridgehead atoms. The maximum absolute atomic E-state index is 6.17. The van der Waals surface area contributed by atoms with Gasteiger partial charge in [-0.25, -0.2) is 0 Å². The van der Waals surface area contributed by atoms with Crippen LogP contribution in [-0.2, 0) is 6.54 Å². The molecule has 2 aromatic carbocycles. The largest absolute Gasteiger partial charge is 0.380 e. The van der Waals surface area contributed by atoms with E-state index in [1.54, 1.807) is 0 Å². The summed E-state index contributed by atoms with van der Waals surface area (Å²) in [7, 11) is 0. The Morgan fingerprint density at radius 2 is 2.05 bits per heavy atom. The summed E-state index contributed by atoms with van der Waals surface area (Å²) in [5, 5.41) is 5.44. The predicted molar refractivity (Wildman–Crippen MR) is 89.5 cm³/mol. The molecule has 0 amide bonds. The maximum Gasteiger partial charge on any atom is 0.0502 e. The highest BCUT2D eigenvalue weighted by Gasteiger charge is 2.06. The standard InChI is InChI=1S/C16H14BrClN2/c1-10-6-13(17)16(7-14(10)18)20-9-11-8-19-15-5-3-2-4-12(11)15/h2-8,19-20H,9H2,1H3. The van der Waals surface area contributed by atoms with Crippen molar-refractivity contribution in [3.8, 4) is 0 Å². The van der Waals surface area contributed by atoms with Crippen LogP contribution in [0.1, 0.15) is 11.1 Å². The first-order valence-corrected chi connectivity index (χ1v) is 7.57. The molecule has 1 heterocycles. The number of H-pyrrole nitrogens is 1. The number of aromatic amines is 1. The van der Waals surface area contributed by atoms with Gasteiger partial charge in [-0.1, -0.05) is 29.8 Å². The van der Waals surface area contributed by atoms with Crippen LogP contribution < -0.4 is 5.32 Å². The number of anilines is 1. The van der Waals surface area contributed by atoms with Crippen LogP contribution in [0.5, 0.6) is 0 Å². The van der Waals surface area contributed by atoms with Gasteiger partial charge in [0.15, 0.2) is 0 Å². The average molecular weight is 350 g/mol. The fourth-order valence-corrected chi connectivity index (χ4v) is 3.01. The predicted octanol–water partition coefficient (Wildman–Crippen LogP) is 5.50. The number of halogens is 2. The van der Waals surface area contributed by atoms with Crippen molar-refractivity contribution in [3.63, 3.8) is 0 Å². The third-order valence-electron chi connectivity index (χ3n) is 3.39. The van der Waals surface area contributed by atoms with Crippen molar-refractivity contribution < 1.29 is 0 Å². The number of para-hydroxylation sites is 1. The summed E-state index contributed by atoms with van der Waals surface area (Å²) in [5.41, 5.74) is 4.47. The lowest BCUT2D eigenvalue weighted by atomic mass is 10.1. The van der Waals surface area contributed by atoms with E-state index in [1.807, 2.05) is 31.3 Å². The molecule has 1 aromatic heterocycles. The highest BCUT2D eigenvalue weighted by Crippen LogP contribution is 2.30. The zero-order valence-corrected chi connectivity index (χ0v) is 13.3. The van der Waals surface area contributed by atoms with Crippen LogP contribution in [0.25, 0.3) is 10.9 Å². The lowest BCUT2D eigenvalue weighted by molar-refractivity contribution is 1.16. The normalized spacial score (nSPS) is 10.9. The molecule has 0 spiro atoms. The van der Waals surface area contributed by atoms with Gasteiger partial charge in [-0.05, 0) is 52.2 Å². The van der Waals surface area contributed by atoms with E-state index in [-0.39, 0.29) is 0 Å². The van der Waals surface area contributed by atoms with Crippen molar-refractivity contribution in [2.45, 2.75) is 13.5 Å². The Morgan fingerprint density at radius 1 is 1.25 bits per heavy atom. The van der Waals surface area contributed by atoms with Crippen molar-refractivity contribution >= 4 is 44.1 Å². The topological polar surface area (TPSA) is 27.8 Å². The summed E-state index contributed by atoms with van der Waals surface area (Å²) >= 11 is 9.74. The van der Waals surface area contributed by atoms with E-state index in [9.17, 15) is 0 Å².